The minimum atomic E-state index is -1.15. The van der Waals surface area contributed by atoms with E-state index in [1.165, 1.54) is 11.8 Å². The van der Waals surface area contributed by atoms with Crippen molar-refractivity contribution < 1.29 is 24.6 Å². The van der Waals surface area contributed by atoms with E-state index < -0.39 is 36.0 Å². The van der Waals surface area contributed by atoms with Gasteiger partial charge in [0.15, 0.2) is 0 Å². The second kappa shape index (κ2) is 12.8. The maximum absolute atomic E-state index is 13.9. The molecule has 37 heavy (non-hydrogen) atoms. The maximum atomic E-state index is 13.9. The molecule has 0 radical (unpaired) electrons. The van der Waals surface area contributed by atoms with Crippen molar-refractivity contribution in [1.29, 1.82) is 0 Å². The van der Waals surface area contributed by atoms with E-state index in [0.717, 1.165) is 16.7 Å². The van der Waals surface area contributed by atoms with E-state index in [0.29, 0.717) is 12.1 Å². The van der Waals surface area contributed by atoms with Crippen molar-refractivity contribution in [3.8, 4) is 11.1 Å². The van der Waals surface area contributed by atoms with Gasteiger partial charge in [-0.05, 0) is 54.5 Å². The molecule has 0 fully saturated rings. The van der Waals surface area contributed by atoms with Gasteiger partial charge < -0.3 is 10.2 Å². The molecule has 0 saturated carbocycles. The van der Waals surface area contributed by atoms with Crippen LogP contribution in [0.25, 0.3) is 11.1 Å². The molecule has 0 aliphatic rings. The van der Waals surface area contributed by atoms with Gasteiger partial charge >= 0.3 is 11.9 Å². The summed E-state index contributed by atoms with van der Waals surface area (Å²) in [6.07, 6.45) is 0.542. The number of anilines is 1. The van der Waals surface area contributed by atoms with Crippen molar-refractivity contribution in [3.05, 3.63) is 90.5 Å². The van der Waals surface area contributed by atoms with Gasteiger partial charge in [0.2, 0.25) is 5.91 Å². The van der Waals surface area contributed by atoms with Crippen molar-refractivity contribution in [2.24, 2.45) is 5.92 Å². The Kier molecular flexibility index (Phi) is 9.57. The Morgan fingerprint density at radius 3 is 1.78 bits per heavy atom. The number of carbonyl (C=O) groups excluding carboxylic acids is 1. The number of carbonyl (C=O) groups is 3. The topological polar surface area (TPSA) is 107 Å². The molecular weight excluding hydrogens is 468 g/mol. The normalized spacial score (nSPS) is 13.5. The molecule has 3 atom stereocenters. The van der Waals surface area contributed by atoms with E-state index in [1.54, 1.807) is 12.1 Å². The van der Waals surface area contributed by atoms with Crippen LogP contribution in [0, 0.1) is 5.92 Å². The zero-order valence-electron chi connectivity index (χ0n) is 21.4. The second-order valence-electron chi connectivity index (χ2n) is 9.56. The summed E-state index contributed by atoms with van der Waals surface area (Å²) >= 11 is 0. The number of amides is 1. The highest BCUT2D eigenvalue weighted by molar-refractivity contribution is 6.02. The average molecular weight is 503 g/mol. The van der Waals surface area contributed by atoms with Crippen LogP contribution in [-0.4, -0.2) is 46.2 Å². The molecule has 0 aromatic heterocycles. The first-order chi connectivity index (χ1) is 17.7. The number of hydrogen-bond acceptors (Lipinski definition) is 4. The van der Waals surface area contributed by atoms with Crippen LogP contribution >= 0.6 is 0 Å². The molecule has 3 aromatic rings. The zero-order valence-corrected chi connectivity index (χ0v) is 21.4. The van der Waals surface area contributed by atoms with Crippen LogP contribution in [0.4, 0.5) is 5.69 Å². The molecule has 0 aliphatic heterocycles. The summed E-state index contributed by atoms with van der Waals surface area (Å²) in [4.78, 5) is 39.3. The van der Waals surface area contributed by atoms with Crippen LogP contribution < -0.4 is 10.2 Å². The Balaban J connectivity index is 1.93. The van der Waals surface area contributed by atoms with E-state index in [1.807, 2.05) is 86.6 Å². The Hall–Kier alpha value is -3.97. The average Bonchev–Trinajstić information content (AvgIpc) is 2.89. The number of carboxylic acids is 2. The maximum Gasteiger partial charge on any atom is 0.326 e. The number of hydrogen-bond donors (Lipinski definition) is 3. The van der Waals surface area contributed by atoms with Gasteiger partial charge in [0.05, 0.1) is 6.04 Å². The van der Waals surface area contributed by atoms with Gasteiger partial charge in [-0.3, -0.25) is 19.8 Å². The fourth-order valence-electron chi connectivity index (χ4n) is 4.29. The molecule has 0 bridgehead atoms. The molecule has 1 amide bonds. The SMILES string of the molecule is CC(C)C[C@H](N[C@@H](Cc1ccccc1)C(=O)O)C(=O)N(c1ccc(-c2ccccc2)cc1)[C@@H](C)C(=O)O. The number of benzene rings is 3. The van der Waals surface area contributed by atoms with Gasteiger partial charge in [0.1, 0.15) is 12.1 Å². The Bertz CT molecular complexity index is 1180. The molecular formula is C30H34N2O5. The lowest BCUT2D eigenvalue weighted by Gasteiger charge is -2.33. The third-order valence-corrected chi connectivity index (χ3v) is 6.22. The molecule has 7 nitrogen and oxygen atoms in total. The van der Waals surface area contributed by atoms with E-state index in [2.05, 4.69) is 5.32 Å². The fourth-order valence-corrected chi connectivity index (χ4v) is 4.29. The number of carboxylic acid groups (broad SMARTS) is 2. The molecule has 3 N–H and O–H groups in total. The number of aliphatic carboxylic acids is 2. The first kappa shape index (κ1) is 27.6. The third-order valence-electron chi connectivity index (χ3n) is 6.22. The smallest absolute Gasteiger partial charge is 0.326 e. The second-order valence-corrected chi connectivity index (χ2v) is 9.56. The van der Waals surface area contributed by atoms with Crippen LogP contribution in [0.15, 0.2) is 84.9 Å². The highest BCUT2D eigenvalue weighted by atomic mass is 16.4. The van der Waals surface area contributed by atoms with Crippen LogP contribution in [0.3, 0.4) is 0 Å². The van der Waals surface area contributed by atoms with E-state index in [4.69, 9.17) is 0 Å². The largest absolute Gasteiger partial charge is 0.480 e. The summed E-state index contributed by atoms with van der Waals surface area (Å²) in [5.74, 6) is -2.64. The predicted molar refractivity (Wildman–Crippen MR) is 144 cm³/mol. The summed E-state index contributed by atoms with van der Waals surface area (Å²) in [6.45, 7) is 5.33. The summed E-state index contributed by atoms with van der Waals surface area (Å²) in [7, 11) is 0. The van der Waals surface area contributed by atoms with E-state index in [9.17, 15) is 24.6 Å². The Morgan fingerprint density at radius 1 is 0.730 bits per heavy atom. The molecule has 0 heterocycles. The van der Waals surface area contributed by atoms with E-state index >= 15 is 0 Å². The lowest BCUT2D eigenvalue weighted by atomic mass is 9.98. The molecule has 194 valence electrons. The van der Waals surface area contributed by atoms with Gasteiger partial charge in [-0.2, -0.15) is 0 Å². The number of nitrogens with one attached hydrogen (secondary N) is 1. The van der Waals surface area contributed by atoms with Crippen LogP contribution in [0.1, 0.15) is 32.8 Å². The summed E-state index contributed by atoms with van der Waals surface area (Å²) < 4.78 is 0. The van der Waals surface area contributed by atoms with E-state index in [-0.39, 0.29) is 12.3 Å². The van der Waals surface area contributed by atoms with Crippen LogP contribution in [0.5, 0.6) is 0 Å². The quantitative estimate of drug-likeness (QED) is 0.327. The molecule has 0 aliphatic carbocycles. The van der Waals surface area contributed by atoms with Crippen molar-refractivity contribution in [1.82, 2.24) is 5.32 Å². The van der Waals surface area contributed by atoms with Crippen molar-refractivity contribution >= 4 is 23.5 Å². The first-order valence-electron chi connectivity index (χ1n) is 12.4. The van der Waals surface area contributed by atoms with Gasteiger partial charge in [0.25, 0.3) is 0 Å². The standard InChI is InChI=1S/C30H34N2O5/c1-20(2)18-26(31-27(30(36)37)19-22-10-6-4-7-11-22)28(33)32(21(3)29(34)35)25-16-14-24(15-17-25)23-12-8-5-9-13-23/h4-17,20-21,26-27,31H,18-19H2,1-3H3,(H,34,35)(H,36,37)/t21-,26-,27-/m0/s1. The van der Waals surface area contributed by atoms with Crippen molar-refractivity contribution in [2.45, 2.75) is 51.7 Å². The summed E-state index contributed by atoms with van der Waals surface area (Å²) in [5.41, 5.74) is 3.20. The molecule has 3 rings (SSSR count). The van der Waals surface area contributed by atoms with Gasteiger partial charge in [-0.25, -0.2) is 4.79 Å². The van der Waals surface area contributed by atoms with Crippen LogP contribution in [-0.2, 0) is 20.8 Å². The highest BCUT2D eigenvalue weighted by Gasteiger charge is 2.35. The summed E-state index contributed by atoms with van der Waals surface area (Å²) in [6, 6.07) is 23.0. The fraction of sp³-hybridized carbons (Fsp3) is 0.300. The zero-order chi connectivity index (χ0) is 26.9. The molecule has 7 heteroatoms. The molecule has 0 spiro atoms. The van der Waals surface area contributed by atoms with Gasteiger partial charge in [0, 0.05) is 5.69 Å². The third kappa shape index (κ3) is 7.51. The van der Waals surface area contributed by atoms with Gasteiger partial charge in [-0.15, -0.1) is 0 Å². The van der Waals surface area contributed by atoms with Crippen molar-refractivity contribution in [3.63, 3.8) is 0 Å². The minimum Gasteiger partial charge on any atom is -0.480 e. The van der Waals surface area contributed by atoms with Gasteiger partial charge in [-0.1, -0.05) is 86.6 Å². The highest BCUT2D eigenvalue weighted by Crippen LogP contribution is 2.26. The summed E-state index contributed by atoms with van der Waals surface area (Å²) in [5, 5.41) is 22.8. The lowest BCUT2D eigenvalue weighted by Crippen LogP contribution is -2.56. The molecule has 0 saturated heterocycles. The molecule has 0 unspecified atom stereocenters. The Morgan fingerprint density at radius 2 is 1.27 bits per heavy atom. The van der Waals surface area contributed by atoms with Crippen molar-refractivity contribution in [2.75, 3.05) is 4.90 Å². The minimum absolute atomic E-state index is 0.0649. The predicted octanol–water partition coefficient (Wildman–Crippen LogP) is 4.86. The number of rotatable bonds is 12. The first-order valence-corrected chi connectivity index (χ1v) is 12.4. The Labute approximate surface area is 217 Å². The molecule has 3 aromatic carbocycles. The van der Waals surface area contributed by atoms with Crippen LogP contribution in [0.2, 0.25) is 0 Å². The monoisotopic (exact) mass is 502 g/mol. The number of nitrogens with zero attached hydrogens (tertiary/aromatic N) is 1. The lowest BCUT2D eigenvalue weighted by molar-refractivity contribution is -0.141.